The number of carbonyl (C=O) groups excluding carboxylic acids is 1. The Morgan fingerprint density at radius 1 is 1.24 bits per heavy atom. The van der Waals surface area contributed by atoms with E-state index in [0.717, 1.165) is 11.2 Å². The summed E-state index contributed by atoms with van der Waals surface area (Å²) in [6.07, 6.45) is 3.83. The molecule has 0 bridgehead atoms. The first-order valence-electron chi connectivity index (χ1n) is 6.88. The van der Waals surface area contributed by atoms with Crippen LogP contribution >= 0.6 is 0 Å². The molecule has 1 aromatic carbocycles. The van der Waals surface area contributed by atoms with Crippen molar-refractivity contribution < 1.29 is 4.79 Å². The molecule has 1 amide bonds. The molecule has 1 fully saturated rings. The number of fused-ring (bicyclic) bond motifs is 1. The van der Waals surface area contributed by atoms with Crippen molar-refractivity contribution in [3.8, 4) is 0 Å². The van der Waals surface area contributed by atoms with E-state index in [2.05, 4.69) is 25.5 Å². The predicted molar refractivity (Wildman–Crippen MR) is 78.1 cm³/mol. The zero-order valence-corrected chi connectivity index (χ0v) is 11.2. The zero-order chi connectivity index (χ0) is 14.2. The van der Waals surface area contributed by atoms with Crippen molar-refractivity contribution in [2.45, 2.75) is 18.8 Å². The van der Waals surface area contributed by atoms with Crippen molar-refractivity contribution in [1.29, 1.82) is 0 Å². The van der Waals surface area contributed by atoms with E-state index >= 15 is 0 Å². The minimum absolute atomic E-state index is 0.288. The Bertz CT molecular complexity index is 822. The lowest BCUT2D eigenvalue weighted by Gasteiger charge is -2.02. The van der Waals surface area contributed by atoms with Crippen LogP contribution in [0.1, 0.15) is 34.9 Å². The number of aromatic nitrogens is 4. The number of nitrogens with zero attached hydrogens (tertiary/aromatic N) is 3. The van der Waals surface area contributed by atoms with Crippen molar-refractivity contribution in [3.05, 3.63) is 47.9 Å². The number of H-pyrrole nitrogens is 1. The third-order valence-electron chi connectivity index (χ3n) is 3.52. The first kappa shape index (κ1) is 12.0. The van der Waals surface area contributed by atoms with E-state index < -0.39 is 0 Å². The van der Waals surface area contributed by atoms with Crippen LogP contribution in [0.25, 0.3) is 11.0 Å². The first-order chi connectivity index (χ1) is 10.3. The zero-order valence-electron chi connectivity index (χ0n) is 11.2. The maximum atomic E-state index is 12.2. The SMILES string of the molecule is O=C(Nc1cc(C2CC2)n[nH]1)c1cnc2ccccc2n1. The van der Waals surface area contributed by atoms with Gasteiger partial charge >= 0.3 is 0 Å². The summed E-state index contributed by atoms with van der Waals surface area (Å²) in [6.45, 7) is 0. The summed E-state index contributed by atoms with van der Waals surface area (Å²) < 4.78 is 0. The Morgan fingerprint density at radius 2 is 2.05 bits per heavy atom. The molecule has 2 N–H and O–H groups in total. The average molecular weight is 279 g/mol. The number of benzene rings is 1. The molecule has 0 spiro atoms. The number of para-hydroxylation sites is 2. The highest BCUT2D eigenvalue weighted by atomic mass is 16.2. The lowest BCUT2D eigenvalue weighted by atomic mass is 10.3. The lowest BCUT2D eigenvalue weighted by Crippen LogP contribution is -2.14. The molecule has 1 aliphatic rings. The highest BCUT2D eigenvalue weighted by Gasteiger charge is 2.26. The van der Waals surface area contributed by atoms with Gasteiger partial charge in [0.05, 0.1) is 22.9 Å². The molecule has 0 atom stereocenters. The van der Waals surface area contributed by atoms with Crippen LogP contribution in [0.2, 0.25) is 0 Å². The van der Waals surface area contributed by atoms with Crippen LogP contribution in [0, 0.1) is 0 Å². The van der Waals surface area contributed by atoms with Crippen molar-refractivity contribution in [2.75, 3.05) is 5.32 Å². The number of anilines is 1. The van der Waals surface area contributed by atoms with E-state index in [-0.39, 0.29) is 11.6 Å². The molecule has 2 heterocycles. The largest absolute Gasteiger partial charge is 0.306 e. The van der Waals surface area contributed by atoms with Gasteiger partial charge in [0.25, 0.3) is 5.91 Å². The monoisotopic (exact) mass is 279 g/mol. The number of hydrogen-bond donors (Lipinski definition) is 2. The lowest BCUT2D eigenvalue weighted by molar-refractivity contribution is 0.102. The van der Waals surface area contributed by atoms with E-state index in [0.29, 0.717) is 17.3 Å². The maximum Gasteiger partial charge on any atom is 0.277 e. The number of rotatable bonds is 3. The second-order valence-corrected chi connectivity index (χ2v) is 5.18. The highest BCUT2D eigenvalue weighted by Crippen LogP contribution is 2.39. The van der Waals surface area contributed by atoms with E-state index in [1.807, 2.05) is 30.3 Å². The third kappa shape index (κ3) is 2.35. The van der Waals surface area contributed by atoms with E-state index in [1.54, 1.807) is 0 Å². The van der Waals surface area contributed by atoms with Gasteiger partial charge in [-0.1, -0.05) is 12.1 Å². The number of carbonyl (C=O) groups is 1. The quantitative estimate of drug-likeness (QED) is 0.771. The standard InChI is InChI=1S/C15H13N5O/c21-15(18-14-7-12(19-20-14)9-5-6-9)13-8-16-10-3-1-2-4-11(10)17-13/h1-4,7-9H,5-6H2,(H2,18,19,20,21). The van der Waals surface area contributed by atoms with Gasteiger partial charge in [-0.2, -0.15) is 5.10 Å². The second kappa shape index (κ2) is 4.66. The number of hydrogen-bond acceptors (Lipinski definition) is 4. The maximum absolute atomic E-state index is 12.2. The minimum Gasteiger partial charge on any atom is -0.306 e. The Labute approximate surface area is 120 Å². The normalized spacial score (nSPS) is 14.3. The van der Waals surface area contributed by atoms with Crippen LogP contribution in [0.15, 0.2) is 36.5 Å². The summed E-state index contributed by atoms with van der Waals surface area (Å²) in [5, 5.41) is 9.80. The topological polar surface area (TPSA) is 83.6 Å². The van der Waals surface area contributed by atoms with Gasteiger partial charge in [-0.15, -0.1) is 0 Å². The number of amides is 1. The van der Waals surface area contributed by atoms with Gasteiger partial charge in [0, 0.05) is 12.0 Å². The van der Waals surface area contributed by atoms with Crippen LogP contribution in [0.5, 0.6) is 0 Å². The van der Waals surface area contributed by atoms with E-state index in [1.165, 1.54) is 19.0 Å². The molecule has 1 saturated carbocycles. The van der Waals surface area contributed by atoms with Gasteiger partial charge in [-0.05, 0) is 25.0 Å². The fraction of sp³-hybridized carbons (Fsp3) is 0.200. The van der Waals surface area contributed by atoms with Crippen LogP contribution in [-0.2, 0) is 0 Å². The summed E-state index contributed by atoms with van der Waals surface area (Å²) in [6, 6.07) is 9.33. The molecule has 4 rings (SSSR count). The second-order valence-electron chi connectivity index (χ2n) is 5.18. The molecule has 0 radical (unpaired) electrons. The predicted octanol–water partition coefficient (Wildman–Crippen LogP) is 2.48. The summed E-state index contributed by atoms with van der Waals surface area (Å²) in [5.41, 5.74) is 2.77. The van der Waals surface area contributed by atoms with E-state index in [4.69, 9.17) is 0 Å². The van der Waals surface area contributed by atoms with Gasteiger partial charge in [0.15, 0.2) is 0 Å². The summed E-state index contributed by atoms with van der Waals surface area (Å²) in [7, 11) is 0. The molecule has 6 heteroatoms. The number of nitrogens with one attached hydrogen (secondary N) is 2. The third-order valence-corrected chi connectivity index (χ3v) is 3.52. The smallest absolute Gasteiger partial charge is 0.277 e. The van der Waals surface area contributed by atoms with Gasteiger partial charge in [0.1, 0.15) is 11.5 Å². The van der Waals surface area contributed by atoms with Crippen LogP contribution in [0.3, 0.4) is 0 Å². The van der Waals surface area contributed by atoms with Crippen LogP contribution in [-0.4, -0.2) is 26.1 Å². The van der Waals surface area contributed by atoms with Crippen molar-refractivity contribution in [3.63, 3.8) is 0 Å². The number of aromatic amines is 1. The molecule has 0 saturated heterocycles. The molecule has 6 nitrogen and oxygen atoms in total. The molecular formula is C15H13N5O. The summed E-state index contributed by atoms with van der Waals surface area (Å²) in [5.74, 6) is 0.850. The molecular weight excluding hydrogens is 266 g/mol. The molecule has 21 heavy (non-hydrogen) atoms. The van der Waals surface area contributed by atoms with Gasteiger partial charge < -0.3 is 5.32 Å². The molecule has 0 aliphatic heterocycles. The Morgan fingerprint density at radius 3 is 2.86 bits per heavy atom. The Hall–Kier alpha value is -2.76. The van der Waals surface area contributed by atoms with Gasteiger partial charge in [-0.3, -0.25) is 14.9 Å². The fourth-order valence-corrected chi connectivity index (χ4v) is 2.24. The van der Waals surface area contributed by atoms with Crippen molar-refractivity contribution >= 4 is 22.8 Å². The molecule has 104 valence electrons. The fourth-order valence-electron chi connectivity index (χ4n) is 2.24. The van der Waals surface area contributed by atoms with Crippen molar-refractivity contribution in [2.24, 2.45) is 0 Å². The summed E-state index contributed by atoms with van der Waals surface area (Å²) in [4.78, 5) is 20.7. The van der Waals surface area contributed by atoms with Crippen molar-refractivity contribution in [1.82, 2.24) is 20.2 Å². The molecule has 2 aromatic heterocycles. The van der Waals surface area contributed by atoms with E-state index in [9.17, 15) is 4.79 Å². The Balaban J connectivity index is 1.57. The summed E-state index contributed by atoms with van der Waals surface area (Å²) >= 11 is 0. The van der Waals surface area contributed by atoms with Gasteiger partial charge in [0.2, 0.25) is 0 Å². The van der Waals surface area contributed by atoms with Crippen LogP contribution < -0.4 is 5.32 Å². The Kier molecular flexibility index (Phi) is 2.67. The molecule has 0 unspecified atom stereocenters. The van der Waals surface area contributed by atoms with Gasteiger partial charge in [-0.25, -0.2) is 4.98 Å². The molecule has 3 aromatic rings. The first-order valence-corrected chi connectivity index (χ1v) is 6.88. The minimum atomic E-state index is -0.292. The average Bonchev–Trinajstić information content (AvgIpc) is 3.27. The highest BCUT2D eigenvalue weighted by molar-refractivity contribution is 6.03. The molecule has 1 aliphatic carbocycles. The van der Waals surface area contributed by atoms with Crippen LogP contribution in [0.4, 0.5) is 5.82 Å².